The van der Waals surface area contributed by atoms with Crippen molar-refractivity contribution in [2.24, 2.45) is 0 Å². The Balaban J connectivity index is 3.28. The average molecular weight is 263 g/mol. The van der Waals surface area contributed by atoms with Crippen LogP contribution in [0.25, 0.3) is 0 Å². The summed E-state index contributed by atoms with van der Waals surface area (Å²) in [7, 11) is 0. The zero-order chi connectivity index (χ0) is 10.0. The fourth-order valence-corrected chi connectivity index (χ4v) is 1.81. The highest BCUT2D eigenvalue weighted by molar-refractivity contribution is 9.10. The van der Waals surface area contributed by atoms with Gasteiger partial charge in [0, 0.05) is 16.5 Å². The molecular formula is C9H9BrClNO. The van der Waals surface area contributed by atoms with Gasteiger partial charge in [-0.3, -0.25) is 4.79 Å². The molecule has 70 valence electrons. The Hall–Kier alpha value is -0.540. The summed E-state index contributed by atoms with van der Waals surface area (Å²) in [5, 5.41) is 0.408. The zero-order valence-corrected chi connectivity index (χ0v) is 9.45. The molecule has 0 amide bonds. The predicted octanol–water partition coefficient (Wildman–Crippen LogP) is 3.28. The first kappa shape index (κ1) is 10.5. The van der Waals surface area contributed by atoms with Gasteiger partial charge in [0.05, 0.1) is 10.7 Å². The van der Waals surface area contributed by atoms with Crippen molar-refractivity contribution in [2.45, 2.75) is 13.3 Å². The molecule has 2 nitrogen and oxygen atoms in total. The molecule has 0 saturated carbocycles. The van der Waals surface area contributed by atoms with Crippen molar-refractivity contribution in [1.82, 2.24) is 0 Å². The van der Waals surface area contributed by atoms with E-state index in [1.807, 2.05) is 0 Å². The van der Waals surface area contributed by atoms with E-state index in [4.69, 9.17) is 17.3 Å². The zero-order valence-electron chi connectivity index (χ0n) is 7.10. The third-order valence-corrected chi connectivity index (χ3v) is 2.49. The normalized spacial score (nSPS) is 10.1. The first-order valence-electron chi connectivity index (χ1n) is 3.84. The number of hydrogen-bond donors (Lipinski definition) is 1. The van der Waals surface area contributed by atoms with Crippen molar-refractivity contribution < 1.29 is 4.79 Å². The van der Waals surface area contributed by atoms with Gasteiger partial charge in [0.15, 0.2) is 5.78 Å². The van der Waals surface area contributed by atoms with Crippen LogP contribution in [0.3, 0.4) is 0 Å². The fourth-order valence-electron chi connectivity index (χ4n) is 1.01. The SMILES string of the molecule is CCC(=O)c1cc(Br)cc(Cl)c1N. The van der Waals surface area contributed by atoms with Crippen molar-refractivity contribution in [3.05, 3.63) is 27.2 Å². The molecule has 4 heteroatoms. The molecule has 1 aromatic rings. The molecule has 0 aliphatic heterocycles. The van der Waals surface area contributed by atoms with E-state index in [9.17, 15) is 4.79 Å². The van der Waals surface area contributed by atoms with Crippen LogP contribution >= 0.6 is 27.5 Å². The van der Waals surface area contributed by atoms with Crippen LogP contribution < -0.4 is 5.73 Å². The summed E-state index contributed by atoms with van der Waals surface area (Å²) < 4.78 is 0.767. The lowest BCUT2D eigenvalue weighted by molar-refractivity contribution is 0.0989. The first-order chi connectivity index (χ1) is 6.06. The number of rotatable bonds is 2. The monoisotopic (exact) mass is 261 g/mol. The Morgan fingerprint density at radius 1 is 1.62 bits per heavy atom. The third kappa shape index (κ3) is 2.23. The second kappa shape index (κ2) is 4.11. The van der Waals surface area contributed by atoms with Gasteiger partial charge in [-0.1, -0.05) is 34.5 Å². The number of halogens is 2. The van der Waals surface area contributed by atoms with E-state index in [0.29, 0.717) is 22.7 Å². The number of Topliss-reactive ketones (excluding diaryl/α,β-unsaturated/α-hetero) is 1. The van der Waals surface area contributed by atoms with E-state index >= 15 is 0 Å². The lowest BCUT2D eigenvalue weighted by Gasteiger charge is -2.05. The summed E-state index contributed by atoms with van der Waals surface area (Å²) in [6.45, 7) is 1.79. The van der Waals surface area contributed by atoms with E-state index in [0.717, 1.165) is 4.47 Å². The van der Waals surface area contributed by atoms with Gasteiger partial charge < -0.3 is 5.73 Å². The molecule has 0 radical (unpaired) electrons. The quantitative estimate of drug-likeness (QED) is 0.656. The molecule has 0 heterocycles. The second-order valence-corrected chi connectivity index (χ2v) is 3.95. The van der Waals surface area contributed by atoms with Crippen molar-refractivity contribution in [3.8, 4) is 0 Å². The summed E-state index contributed by atoms with van der Waals surface area (Å²) in [5.41, 5.74) is 6.50. The van der Waals surface area contributed by atoms with Crippen LogP contribution in [-0.4, -0.2) is 5.78 Å². The molecule has 1 aromatic carbocycles. The van der Waals surface area contributed by atoms with Gasteiger partial charge in [0.1, 0.15) is 0 Å². The van der Waals surface area contributed by atoms with Crippen LogP contribution in [0.5, 0.6) is 0 Å². The molecule has 0 bridgehead atoms. The first-order valence-corrected chi connectivity index (χ1v) is 5.01. The molecule has 0 saturated heterocycles. The maximum atomic E-state index is 11.4. The Morgan fingerprint density at radius 2 is 2.23 bits per heavy atom. The summed E-state index contributed by atoms with van der Waals surface area (Å²) in [5.74, 6) is 0.000648. The molecule has 0 aromatic heterocycles. The van der Waals surface area contributed by atoms with Crippen molar-refractivity contribution >= 4 is 39.0 Å². The minimum Gasteiger partial charge on any atom is -0.397 e. The number of carbonyl (C=O) groups excluding carboxylic acids is 1. The Morgan fingerprint density at radius 3 is 2.77 bits per heavy atom. The molecule has 1 rings (SSSR count). The fraction of sp³-hybridized carbons (Fsp3) is 0.222. The lowest BCUT2D eigenvalue weighted by Crippen LogP contribution is -2.02. The van der Waals surface area contributed by atoms with Crippen LogP contribution in [0.15, 0.2) is 16.6 Å². The standard InChI is InChI=1S/C9H9BrClNO/c1-2-8(13)6-3-5(10)4-7(11)9(6)12/h3-4H,2,12H2,1H3. The number of nitrogens with two attached hydrogens (primary N) is 1. The van der Waals surface area contributed by atoms with Gasteiger partial charge in [-0.2, -0.15) is 0 Å². The number of carbonyl (C=O) groups is 1. The van der Waals surface area contributed by atoms with Crippen LogP contribution in [0, 0.1) is 0 Å². The number of nitrogen functional groups attached to an aromatic ring is 1. The van der Waals surface area contributed by atoms with Crippen LogP contribution in [0.4, 0.5) is 5.69 Å². The van der Waals surface area contributed by atoms with Gasteiger partial charge in [-0.25, -0.2) is 0 Å². The van der Waals surface area contributed by atoms with Gasteiger partial charge in [-0.15, -0.1) is 0 Å². The minimum absolute atomic E-state index is 0.000648. The van der Waals surface area contributed by atoms with Crippen molar-refractivity contribution in [1.29, 1.82) is 0 Å². The molecule has 0 aliphatic carbocycles. The minimum atomic E-state index is 0.000648. The molecule has 0 spiro atoms. The number of anilines is 1. The Kier molecular flexibility index (Phi) is 3.33. The van der Waals surface area contributed by atoms with Crippen LogP contribution in [0.1, 0.15) is 23.7 Å². The van der Waals surface area contributed by atoms with Gasteiger partial charge in [-0.05, 0) is 12.1 Å². The van der Waals surface area contributed by atoms with E-state index in [-0.39, 0.29) is 5.78 Å². The van der Waals surface area contributed by atoms with Crippen LogP contribution in [0.2, 0.25) is 5.02 Å². The summed E-state index contributed by atoms with van der Waals surface area (Å²) in [6, 6.07) is 3.36. The Labute approximate surface area is 90.2 Å². The number of hydrogen-bond acceptors (Lipinski definition) is 2. The van der Waals surface area contributed by atoms with E-state index < -0.39 is 0 Å². The van der Waals surface area contributed by atoms with E-state index in [1.54, 1.807) is 19.1 Å². The predicted molar refractivity (Wildman–Crippen MR) is 58.2 cm³/mol. The largest absolute Gasteiger partial charge is 0.397 e. The second-order valence-electron chi connectivity index (χ2n) is 2.63. The highest BCUT2D eigenvalue weighted by atomic mass is 79.9. The topological polar surface area (TPSA) is 43.1 Å². The molecule has 2 N–H and O–H groups in total. The number of ketones is 1. The lowest BCUT2D eigenvalue weighted by atomic mass is 10.1. The highest BCUT2D eigenvalue weighted by Gasteiger charge is 2.11. The van der Waals surface area contributed by atoms with Gasteiger partial charge >= 0.3 is 0 Å². The number of benzene rings is 1. The van der Waals surface area contributed by atoms with Crippen LogP contribution in [-0.2, 0) is 0 Å². The maximum Gasteiger partial charge on any atom is 0.164 e. The van der Waals surface area contributed by atoms with E-state index in [1.165, 1.54) is 0 Å². The summed E-state index contributed by atoms with van der Waals surface area (Å²) in [4.78, 5) is 11.4. The molecule has 0 unspecified atom stereocenters. The van der Waals surface area contributed by atoms with E-state index in [2.05, 4.69) is 15.9 Å². The Bertz CT molecular complexity index is 352. The highest BCUT2D eigenvalue weighted by Crippen LogP contribution is 2.28. The third-order valence-electron chi connectivity index (χ3n) is 1.72. The molecular weight excluding hydrogens is 253 g/mol. The summed E-state index contributed by atoms with van der Waals surface area (Å²) in [6.07, 6.45) is 0.428. The molecule has 0 aliphatic rings. The smallest absolute Gasteiger partial charge is 0.164 e. The van der Waals surface area contributed by atoms with Crippen molar-refractivity contribution in [2.75, 3.05) is 5.73 Å². The molecule has 13 heavy (non-hydrogen) atoms. The average Bonchev–Trinajstić information content (AvgIpc) is 2.10. The maximum absolute atomic E-state index is 11.4. The van der Waals surface area contributed by atoms with Gasteiger partial charge in [0.25, 0.3) is 0 Å². The summed E-state index contributed by atoms with van der Waals surface area (Å²) >= 11 is 9.07. The molecule has 0 atom stereocenters. The molecule has 0 fully saturated rings. The van der Waals surface area contributed by atoms with Crippen molar-refractivity contribution in [3.63, 3.8) is 0 Å². The van der Waals surface area contributed by atoms with Gasteiger partial charge in [0.2, 0.25) is 0 Å².